The summed E-state index contributed by atoms with van der Waals surface area (Å²) in [6.07, 6.45) is -5.70. The number of aromatic nitrogens is 2. The van der Waals surface area contributed by atoms with Gasteiger partial charge >= 0.3 is 27.1 Å². The minimum absolute atomic E-state index is 0.384. The zero-order valence-corrected chi connectivity index (χ0v) is 19.5. The van der Waals surface area contributed by atoms with Crippen molar-refractivity contribution >= 4 is 27.3 Å². The summed E-state index contributed by atoms with van der Waals surface area (Å²) in [6, 6.07) is -1.00. The number of carboxylic acid groups (broad SMARTS) is 1. The first-order valence-corrected chi connectivity index (χ1v) is 12.7. The molecule has 2 rings (SSSR count). The van der Waals surface area contributed by atoms with Gasteiger partial charge in [0.2, 0.25) is 0 Å². The Labute approximate surface area is 190 Å². The molecule has 1 saturated heterocycles. The number of phosphoric acid groups is 1. The van der Waals surface area contributed by atoms with Crippen LogP contribution < -0.4 is 16.6 Å². The van der Waals surface area contributed by atoms with E-state index in [-0.39, 0.29) is 6.16 Å². The average Bonchev–Trinajstić information content (AvgIpc) is 3.07. The monoisotopic (exact) mass is 531 g/mol. The maximum atomic E-state index is 12.8. The van der Waals surface area contributed by atoms with Crippen LogP contribution in [-0.4, -0.2) is 85.4 Å². The highest BCUT2D eigenvalue weighted by molar-refractivity contribution is 7.52. The van der Waals surface area contributed by atoms with Gasteiger partial charge in [-0.1, -0.05) is 6.92 Å². The van der Waals surface area contributed by atoms with Gasteiger partial charge in [0.05, 0.1) is 6.61 Å². The molecular formula is C15H23N3O14P2. The summed E-state index contributed by atoms with van der Waals surface area (Å²) >= 11 is 0. The van der Waals surface area contributed by atoms with Crippen molar-refractivity contribution in [3.8, 4) is 0 Å². The Morgan fingerprint density at radius 2 is 1.91 bits per heavy atom. The van der Waals surface area contributed by atoms with Crippen LogP contribution in [0, 0.1) is 0 Å². The highest BCUT2D eigenvalue weighted by Crippen LogP contribution is 2.47. The molecule has 5 unspecified atom stereocenters. The summed E-state index contributed by atoms with van der Waals surface area (Å²) in [5, 5.41) is 11.2. The van der Waals surface area contributed by atoms with Crippen LogP contribution in [0.1, 0.15) is 13.2 Å². The number of H-pyrrole nitrogens is 1. The van der Waals surface area contributed by atoms with Crippen molar-refractivity contribution in [2.24, 2.45) is 0 Å². The summed E-state index contributed by atoms with van der Waals surface area (Å²) in [7, 11) is -8.26. The molecule has 1 fully saturated rings. The van der Waals surface area contributed by atoms with E-state index in [4.69, 9.17) is 23.8 Å². The molecule has 0 bridgehead atoms. The van der Waals surface area contributed by atoms with E-state index in [0.717, 1.165) is 23.9 Å². The second kappa shape index (κ2) is 11.0. The first kappa shape index (κ1) is 28.0. The summed E-state index contributed by atoms with van der Waals surface area (Å²) in [5.41, 5.74) is -1.71. The number of amides is 1. The number of carbonyl (C=O) groups excluding carboxylic acids is 1. The Kier molecular flexibility index (Phi) is 9.10. The maximum Gasteiger partial charge on any atom is 0.469 e. The fourth-order valence-corrected chi connectivity index (χ4v) is 4.04. The fraction of sp³-hybridized carbons (Fsp3) is 0.600. The van der Waals surface area contributed by atoms with Crippen molar-refractivity contribution in [1.29, 1.82) is 0 Å². The zero-order valence-electron chi connectivity index (χ0n) is 17.7. The number of phosphoric ester groups is 1. The van der Waals surface area contributed by atoms with Crippen LogP contribution in [0.3, 0.4) is 0 Å². The van der Waals surface area contributed by atoms with Crippen molar-refractivity contribution in [2.45, 2.75) is 37.5 Å². The third-order valence-electron chi connectivity index (χ3n) is 4.56. The van der Waals surface area contributed by atoms with E-state index >= 15 is 0 Å². The van der Waals surface area contributed by atoms with Crippen LogP contribution in [-0.2, 0) is 37.2 Å². The van der Waals surface area contributed by atoms with Crippen LogP contribution in [0.5, 0.6) is 0 Å². The third-order valence-corrected chi connectivity index (χ3v) is 6.41. The predicted molar refractivity (Wildman–Crippen MR) is 109 cm³/mol. The number of hydrogen-bond acceptors (Lipinski definition) is 10. The van der Waals surface area contributed by atoms with E-state index in [1.54, 1.807) is 0 Å². The average molecular weight is 531 g/mol. The van der Waals surface area contributed by atoms with E-state index in [2.05, 4.69) is 4.52 Å². The lowest BCUT2D eigenvalue weighted by Crippen LogP contribution is -2.51. The van der Waals surface area contributed by atoms with Gasteiger partial charge in [-0.05, 0) is 0 Å². The van der Waals surface area contributed by atoms with E-state index in [1.165, 1.54) is 6.92 Å². The number of ether oxygens (including phenoxy) is 2. The van der Waals surface area contributed by atoms with Crippen LogP contribution in [0.15, 0.2) is 21.9 Å². The van der Waals surface area contributed by atoms with Gasteiger partial charge in [-0.15, -0.1) is 0 Å². The number of hydrogen-bond donors (Lipinski definition) is 6. The zero-order chi connectivity index (χ0) is 25.8. The molecule has 0 aliphatic carbocycles. The van der Waals surface area contributed by atoms with Gasteiger partial charge in [0.15, 0.2) is 18.4 Å². The molecule has 19 heteroatoms. The number of nitrogens with zero attached hydrogens (tertiary/aromatic N) is 1. The molecule has 0 saturated carbocycles. The fourth-order valence-electron chi connectivity index (χ4n) is 2.93. The standard InChI is InChI=1S/C15H23N3O14P2/c1-3-33(24,25)32-9-10(12(20)16-7(14(21)22)6-30-34(26,27)28)31-13(11(9)29-2)18-5-4-8(19)17-15(18)23/h4-5,7,9-11,13H,3,6H2,1-2H3,(H,16,20)(H,21,22)(H,24,25)(H,17,19,23)(H2,26,27,28)/t7-,9?,10?,11?,13?/m1/s1. The van der Waals surface area contributed by atoms with Crippen molar-refractivity contribution in [2.75, 3.05) is 19.9 Å². The number of rotatable bonds is 11. The number of nitrogens with one attached hydrogen (secondary N) is 2. The van der Waals surface area contributed by atoms with Crippen LogP contribution in [0.25, 0.3) is 0 Å². The maximum absolute atomic E-state index is 12.8. The first-order valence-electron chi connectivity index (χ1n) is 9.42. The Hall–Kier alpha value is -2.20. The van der Waals surface area contributed by atoms with Crippen LogP contribution >= 0.6 is 15.4 Å². The topological polar surface area (TPSA) is 253 Å². The van der Waals surface area contributed by atoms with Gasteiger partial charge in [0, 0.05) is 25.5 Å². The summed E-state index contributed by atoms with van der Waals surface area (Å²) in [6.45, 7) is 0.185. The number of methoxy groups -OCH3 is 1. The molecule has 1 aliphatic rings. The predicted octanol–water partition coefficient (Wildman–Crippen LogP) is -2.28. The summed E-state index contributed by atoms with van der Waals surface area (Å²) in [5.74, 6) is -2.97. The van der Waals surface area contributed by atoms with E-state index in [0.29, 0.717) is 0 Å². The molecule has 34 heavy (non-hydrogen) atoms. The SMILES string of the molecule is CCP(=O)(O)OC1C(C(=O)N[C@H](COP(=O)(O)O)C(=O)O)OC(n2ccc(=O)[nH]c2=O)C1OC. The van der Waals surface area contributed by atoms with E-state index in [9.17, 15) is 38.3 Å². The molecule has 0 spiro atoms. The highest BCUT2D eigenvalue weighted by atomic mass is 31.2. The molecule has 0 radical (unpaired) electrons. The van der Waals surface area contributed by atoms with Crippen molar-refractivity contribution < 1.29 is 57.0 Å². The summed E-state index contributed by atoms with van der Waals surface area (Å²) < 4.78 is 44.0. The largest absolute Gasteiger partial charge is 0.480 e. The van der Waals surface area contributed by atoms with Gasteiger partial charge in [-0.2, -0.15) is 0 Å². The number of aromatic amines is 1. The van der Waals surface area contributed by atoms with Gasteiger partial charge in [-0.3, -0.25) is 32.8 Å². The van der Waals surface area contributed by atoms with Gasteiger partial charge in [-0.25, -0.2) is 14.2 Å². The van der Waals surface area contributed by atoms with Crippen LogP contribution in [0.2, 0.25) is 0 Å². The molecule has 0 aromatic carbocycles. The smallest absolute Gasteiger partial charge is 0.469 e. The minimum Gasteiger partial charge on any atom is -0.480 e. The molecule has 6 atom stereocenters. The molecule has 1 aliphatic heterocycles. The Morgan fingerprint density at radius 3 is 2.41 bits per heavy atom. The Morgan fingerprint density at radius 1 is 1.26 bits per heavy atom. The van der Waals surface area contributed by atoms with Crippen molar-refractivity contribution in [1.82, 2.24) is 14.9 Å². The molecule has 17 nitrogen and oxygen atoms in total. The minimum atomic E-state index is -5.07. The Balaban J connectivity index is 2.40. The molecule has 1 aromatic heterocycles. The van der Waals surface area contributed by atoms with E-state index < -0.39 is 75.7 Å². The van der Waals surface area contributed by atoms with Crippen molar-refractivity contribution in [3.05, 3.63) is 33.1 Å². The van der Waals surface area contributed by atoms with Crippen LogP contribution in [0.4, 0.5) is 0 Å². The van der Waals surface area contributed by atoms with E-state index in [1.807, 2.05) is 10.3 Å². The molecular weight excluding hydrogens is 508 g/mol. The lowest BCUT2D eigenvalue weighted by Gasteiger charge is -2.25. The quantitative estimate of drug-likeness (QED) is 0.165. The van der Waals surface area contributed by atoms with Gasteiger partial charge < -0.3 is 34.6 Å². The van der Waals surface area contributed by atoms with Gasteiger partial charge in [0.25, 0.3) is 11.5 Å². The second-order valence-corrected chi connectivity index (χ2v) is 10.2. The normalized spacial score (nSPS) is 25.4. The molecule has 6 N–H and O–H groups in total. The Bertz CT molecular complexity index is 1110. The van der Waals surface area contributed by atoms with Gasteiger partial charge in [0.1, 0.15) is 12.2 Å². The second-order valence-electron chi connectivity index (χ2n) is 6.87. The number of aliphatic carboxylic acids is 1. The molecule has 2 heterocycles. The van der Waals surface area contributed by atoms with Crippen molar-refractivity contribution in [3.63, 3.8) is 0 Å². The number of carboxylic acids is 1. The molecule has 1 aromatic rings. The molecule has 192 valence electrons. The lowest BCUT2D eigenvalue weighted by molar-refractivity contribution is -0.147. The third kappa shape index (κ3) is 7.15. The lowest BCUT2D eigenvalue weighted by atomic mass is 10.1. The first-order chi connectivity index (χ1) is 15.7. The summed E-state index contributed by atoms with van der Waals surface area (Å²) in [4.78, 5) is 77.3. The highest BCUT2D eigenvalue weighted by Gasteiger charge is 2.53. The number of carbonyl (C=O) groups is 2. The molecule has 1 amide bonds.